The Bertz CT molecular complexity index is 155. The van der Waals surface area contributed by atoms with E-state index < -0.39 is 0 Å². The summed E-state index contributed by atoms with van der Waals surface area (Å²) in [5, 5.41) is 0. The molecule has 0 N–H and O–H groups in total. The molecule has 0 nitrogen and oxygen atoms in total. The first-order valence-corrected chi connectivity index (χ1v) is 11.5. The number of unbranched alkanes of at least 4 members (excludes halogenated alkanes) is 10. The Balaban J connectivity index is 3.67. The Kier molecular flexibility index (Phi) is 17.9. The lowest BCUT2D eigenvalue weighted by molar-refractivity contribution is 0.656. The van der Waals surface area contributed by atoms with Crippen LogP contribution in [0.2, 0.25) is 0 Å². The second kappa shape index (κ2) is 17.5. The van der Waals surface area contributed by atoms with Gasteiger partial charge in [0.1, 0.15) is 0 Å². The molecule has 0 spiro atoms. The Morgan fingerprint density at radius 1 is 0.400 bits per heavy atom. The molecule has 0 radical (unpaired) electrons. The first-order chi connectivity index (χ1) is 9.85. The molecular formula is C19H41P. The van der Waals surface area contributed by atoms with Crippen LogP contribution in [0.25, 0.3) is 0 Å². The van der Waals surface area contributed by atoms with Crippen molar-refractivity contribution in [2.24, 2.45) is 0 Å². The van der Waals surface area contributed by atoms with Crippen LogP contribution in [0.15, 0.2) is 0 Å². The topological polar surface area (TPSA) is 0 Å². The van der Waals surface area contributed by atoms with E-state index in [9.17, 15) is 0 Å². The minimum absolute atomic E-state index is 0.385. The normalized spacial score (nSPS) is 11.4. The summed E-state index contributed by atoms with van der Waals surface area (Å²) < 4.78 is 0. The highest BCUT2D eigenvalue weighted by Crippen LogP contribution is 2.39. The zero-order valence-corrected chi connectivity index (χ0v) is 15.7. The third kappa shape index (κ3) is 14.8. The molecular weight excluding hydrogens is 259 g/mol. The van der Waals surface area contributed by atoms with Crippen molar-refractivity contribution in [2.45, 2.75) is 104 Å². The Hall–Kier alpha value is 0.430. The maximum absolute atomic E-state index is 2.32. The minimum Gasteiger partial charge on any atom is -0.107 e. The molecule has 0 aliphatic rings. The van der Waals surface area contributed by atoms with Crippen LogP contribution in [-0.2, 0) is 0 Å². The van der Waals surface area contributed by atoms with Gasteiger partial charge in [0.2, 0.25) is 0 Å². The van der Waals surface area contributed by atoms with E-state index in [0.29, 0.717) is 7.92 Å². The quantitative estimate of drug-likeness (QED) is 0.203. The van der Waals surface area contributed by atoms with Crippen LogP contribution in [0, 0.1) is 0 Å². The van der Waals surface area contributed by atoms with Crippen molar-refractivity contribution >= 4 is 7.92 Å². The second-order valence-corrected chi connectivity index (χ2v) is 9.06. The highest BCUT2D eigenvalue weighted by Gasteiger charge is 2.07. The molecule has 0 bridgehead atoms. The summed E-state index contributed by atoms with van der Waals surface area (Å²) in [6, 6.07) is 0. The number of hydrogen-bond acceptors (Lipinski definition) is 0. The van der Waals surface area contributed by atoms with Gasteiger partial charge in [-0.2, -0.15) is 0 Å². The van der Waals surface area contributed by atoms with Crippen LogP contribution < -0.4 is 0 Å². The van der Waals surface area contributed by atoms with E-state index in [0.717, 1.165) is 0 Å². The van der Waals surface area contributed by atoms with Gasteiger partial charge >= 0.3 is 0 Å². The maximum Gasteiger partial charge on any atom is -0.0326 e. The fourth-order valence-corrected chi connectivity index (χ4v) is 5.48. The zero-order valence-electron chi connectivity index (χ0n) is 14.8. The Morgan fingerprint density at radius 3 is 1.05 bits per heavy atom. The fraction of sp³-hybridized carbons (Fsp3) is 1.00. The molecule has 0 saturated carbocycles. The van der Waals surface area contributed by atoms with E-state index in [4.69, 9.17) is 0 Å². The van der Waals surface area contributed by atoms with E-state index in [1.54, 1.807) is 18.5 Å². The molecule has 0 fully saturated rings. The number of rotatable bonds is 16. The van der Waals surface area contributed by atoms with Crippen molar-refractivity contribution in [1.82, 2.24) is 0 Å². The third-order valence-corrected chi connectivity index (χ3v) is 7.08. The highest BCUT2D eigenvalue weighted by atomic mass is 31.1. The van der Waals surface area contributed by atoms with Crippen molar-refractivity contribution < 1.29 is 0 Å². The van der Waals surface area contributed by atoms with E-state index in [1.807, 2.05) is 0 Å². The molecule has 0 aromatic carbocycles. The molecule has 0 aliphatic carbocycles. The van der Waals surface area contributed by atoms with Crippen LogP contribution in [0.5, 0.6) is 0 Å². The molecule has 122 valence electrons. The van der Waals surface area contributed by atoms with Crippen LogP contribution in [-0.4, -0.2) is 18.5 Å². The van der Waals surface area contributed by atoms with Crippen molar-refractivity contribution in [3.63, 3.8) is 0 Å². The summed E-state index contributed by atoms with van der Waals surface area (Å²) in [6.45, 7) is 6.96. The lowest BCUT2D eigenvalue weighted by Crippen LogP contribution is -1.97. The predicted octanol–water partition coefficient (Wildman–Crippen LogP) is 7.60. The molecule has 0 atom stereocenters. The van der Waals surface area contributed by atoms with Gasteiger partial charge < -0.3 is 0 Å². The molecule has 20 heavy (non-hydrogen) atoms. The van der Waals surface area contributed by atoms with Gasteiger partial charge in [0.25, 0.3) is 0 Å². The van der Waals surface area contributed by atoms with Gasteiger partial charge in [-0.25, -0.2) is 0 Å². The third-order valence-electron chi connectivity index (χ3n) is 4.23. The monoisotopic (exact) mass is 300 g/mol. The lowest BCUT2D eigenvalue weighted by Gasteiger charge is -2.18. The molecule has 0 amide bonds. The fourth-order valence-electron chi connectivity index (χ4n) is 2.80. The van der Waals surface area contributed by atoms with Crippen molar-refractivity contribution in [1.29, 1.82) is 0 Å². The molecule has 0 heterocycles. The predicted molar refractivity (Wildman–Crippen MR) is 98.6 cm³/mol. The van der Waals surface area contributed by atoms with Crippen LogP contribution in [0.3, 0.4) is 0 Å². The van der Waals surface area contributed by atoms with Gasteiger partial charge in [-0.1, -0.05) is 85.0 Å². The summed E-state index contributed by atoms with van der Waals surface area (Å²) in [6.07, 6.45) is 23.7. The summed E-state index contributed by atoms with van der Waals surface area (Å²) in [4.78, 5) is 0. The van der Waals surface area contributed by atoms with Crippen molar-refractivity contribution in [3.05, 3.63) is 0 Å². The van der Waals surface area contributed by atoms with Gasteiger partial charge in [0, 0.05) is 0 Å². The first-order valence-electron chi connectivity index (χ1n) is 9.57. The van der Waals surface area contributed by atoms with E-state index in [1.165, 1.54) is 83.5 Å². The number of hydrogen-bond donors (Lipinski definition) is 0. The van der Waals surface area contributed by atoms with Gasteiger partial charge in [-0.15, -0.1) is 7.92 Å². The molecule has 0 unspecified atom stereocenters. The van der Waals surface area contributed by atoms with E-state index in [2.05, 4.69) is 20.8 Å². The van der Waals surface area contributed by atoms with Crippen LogP contribution >= 0.6 is 7.92 Å². The summed E-state index contributed by atoms with van der Waals surface area (Å²) >= 11 is 0. The SMILES string of the molecule is CCCCCCCP(CCCCCC)CCCCCC. The smallest absolute Gasteiger partial charge is 0.0326 e. The van der Waals surface area contributed by atoms with Gasteiger partial charge in [0.05, 0.1) is 0 Å². The van der Waals surface area contributed by atoms with Crippen LogP contribution in [0.1, 0.15) is 104 Å². The average Bonchev–Trinajstić information content (AvgIpc) is 2.47. The lowest BCUT2D eigenvalue weighted by atomic mass is 10.2. The van der Waals surface area contributed by atoms with Gasteiger partial charge in [-0.3, -0.25) is 0 Å². The maximum atomic E-state index is 2.32. The Morgan fingerprint density at radius 2 is 0.700 bits per heavy atom. The van der Waals surface area contributed by atoms with E-state index >= 15 is 0 Å². The largest absolute Gasteiger partial charge is 0.107 e. The second-order valence-electron chi connectivity index (χ2n) is 6.38. The molecule has 0 saturated heterocycles. The molecule has 0 aromatic heterocycles. The summed E-state index contributed by atoms with van der Waals surface area (Å²) in [5.41, 5.74) is 0. The van der Waals surface area contributed by atoms with Crippen LogP contribution in [0.4, 0.5) is 0 Å². The van der Waals surface area contributed by atoms with Gasteiger partial charge in [0.15, 0.2) is 0 Å². The standard InChI is InChI=1S/C19H41P/c1-4-7-10-13-16-19-20(17-14-11-8-5-2)18-15-12-9-6-3/h4-19H2,1-3H3. The zero-order chi connectivity index (χ0) is 14.9. The average molecular weight is 301 g/mol. The van der Waals surface area contributed by atoms with Crippen molar-refractivity contribution in [2.75, 3.05) is 18.5 Å². The molecule has 0 aromatic rings. The van der Waals surface area contributed by atoms with Gasteiger partial charge in [-0.05, 0) is 37.7 Å². The molecule has 0 aliphatic heterocycles. The highest BCUT2D eigenvalue weighted by molar-refractivity contribution is 7.57. The Labute approximate surface area is 131 Å². The van der Waals surface area contributed by atoms with E-state index in [-0.39, 0.29) is 0 Å². The molecule has 0 rings (SSSR count). The summed E-state index contributed by atoms with van der Waals surface area (Å²) in [7, 11) is 0.385. The van der Waals surface area contributed by atoms with Crippen molar-refractivity contribution in [3.8, 4) is 0 Å². The minimum atomic E-state index is 0.385. The molecule has 1 heteroatoms. The summed E-state index contributed by atoms with van der Waals surface area (Å²) in [5.74, 6) is 0. The first kappa shape index (κ1) is 20.4.